The topological polar surface area (TPSA) is 42.3 Å². The lowest BCUT2D eigenvalue weighted by molar-refractivity contribution is 0.0987. The molecule has 4 heteroatoms. The molecule has 0 saturated heterocycles. The fraction of sp³-hybridized carbons (Fsp3) is 0.217. The van der Waals surface area contributed by atoms with Gasteiger partial charge < -0.3 is 9.47 Å². The van der Waals surface area contributed by atoms with E-state index in [-0.39, 0.29) is 11.5 Å². The molecule has 0 aliphatic carbocycles. The van der Waals surface area contributed by atoms with Crippen LogP contribution in [-0.4, -0.2) is 17.0 Å². The van der Waals surface area contributed by atoms with Gasteiger partial charge in [-0.05, 0) is 54.8 Å². The molecule has 0 spiro atoms. The number of carbonyl (C=O) groups is 1. The van der Waals surface area contributed by atoms with Crippen molar-refractivity contribution in [1.29, 1.82) is 0 Å². The van der Waals surface area contributed by atoms with E-state index in [1.54, 1.807) is 10.6 Å². The van der Waals surface area contributed by atoms with Crippen molar-refractivity contribution in [3.8, 4) is 0 Å². The van der Waals surface area contributed by atoms with E-state index in [0.717, 1.165) is 33.3 Å². The summed E-state index contributed by atoms with van der Waals surface area (Å²) < 4.78 is 1.77. The van der Waals surface area contributed by atoms with Gasteiger partial charge in [0.2, 0.25) is 0 Å². The SMILES string of the molecule is C=C1Cc2c(ccc3c2ccc(=O)n3CC)N(CC)C(=O)c2ccccc21. The highest BCUT2D eigenvalue weighted by Gasteiger charge is 2.26. The predicted octanol–water partition coefficient (Wildman–Crippen LogP) is 4.26. The summed E-state index contributed by atoms with van der Waals surface area (Å²) in [6.45, 7) is 9.40. The molecule has 1 aliphatic rings. The number of nitrogens with zero attached hydrogens (tertiary/aromatic N) is 2. The van der Waals surface area contributed by atoms with Crippen molar-refractivity contribution in [2.45, 2.75) is 26.8 Å². The van der Waals surface area contributed by atoms with Gasteiger partial charge in [-0.15, -0.1) is 0 Å². The van der Waals surface area contributed by atoms with Crippen LogP contribution in [0.25, 0.3) is 16.5 Å². The van der Waals surface area contributed by atoms with Crippen LogP contribution in [-0.2, 0) is 13.0 Å². The van der Waals surface area contributed by atoms with Gasteiger partial charge >= 0.3 is 0 Å². The van der Waals surface area contributed by atoms with Crippen molar-refractivity contribution in [3.05, 3.63) is 82.2 Å². The zero-order valence-electron chi connectivity index (χ0n) is 15.7. The number of pyridine rings is 1. The fourth-order valence-electron chi connectivity index (χ4n) is 4.05. The Morgan fingerprint density at radius 1 is 0.926 bits per heavy atom. The van der Waals surface area contributed by atoms with Gasteiger partial charge in [0.25, 0.3) is 11.5 Å². The van der Waals surface area contributed by atoms with Gasteiger partial charge in [-0.1, -0.05) is 24.8 Å². The van der Waals surface area contributed by atoms with Gasteiger partial charge in [0.1, 0.15) is 0 Å². The molecule has 136 valence electrons. The van der Waals surface area contributed by atoms with Crippen molar-refractivity contribution < 1.29 is 4.79 Å². The van der Waals surface area contributed by atoms with Crippen LogP contribution in [0, 0.1) is 0 Å². The van der Waals surface area contributed by atoms with Gasteiger partial charge in [0, 0.05) is 42.2 Å². The Hall–Kier alpha value is -3.14. The number of aromatic nitrogens is 1. The number of allylic oxidation sites excluding steroid dienone is 1. The molecule has 0 saturated carbocycles. The van der Waals surface area contributed by atoms with Crippen LogP contribution in [0.1, 0.15) is 35.3 Å². The van der Waals surface area contributed by atoms with Crippen molar-refractivity contribution in [2.24, 2.45) is 0 Å². The molecule has 1 amide bonds. The molecule has 0 unspecified atom stereocenters. The van der Waals surface area contributed by atoms with Gasteiger partial charge in [-0.3, -0.25) is 9.59 Å². The summed E-state index contributed by atoms with van der Waals surface area (Å²) in [5.41, 5.74) is 5.33. The number of hydrogen-bond acceptors (Lipinski definition) is 2. The number of aryl methyl sites for hydroxylation is 1. The maximum Gasteiger partial charge on any atom is 0.258 e. The van der Waals surface area contributed by atoms with E-state index >= 15 is 0 Å². The van der Waals surface area contributed by atoms with E-state index < -0.39 is 0 Å². The maximum absolute atomic E-state index is 13.3. The second-order valence-corrected chi connectivity index (χ2v) is 6.79. The van der Waals surface area contributed by atoms with E-state index in [4.69, 9.17) is 0 Å². The third-order valence-electron chi connectivity index (χ3n) is 5.36. The summed E-state index contributed by atoms with van der Waals surface area (Å²) in [5.74, 6) is -0.0154. The summed E-state index contributed by atoms with van der Waals surface area (Å²) in [5, 5.41) is 1.00. The Morgan fingerprint density at radius 2 is 1.67 bits per heavy atom. The van der Waals surface area contributed by atoms with Gasteiger partial charge in [0.15, 0.2) is 0 Å². The monoisotopic (exact) mass is 358 g/mol. The van der Waals surface area contributed by atoms with E-state index in [0.29, 0.717) is 25.1 Å². The standard InChI is InChI=1S/C23H22N2O2/c1-4-24-20-11-12-21-19(17(20)10-13-22(24)26)14-15(3)16-8-6-7-9-18(16)23(27)25(21)5-2/h6-13H,3-5,14H2,1-2H3. The average Bonchev–Trinajstić information content (AvgIpc) is 2.68. The first kappa shape index (κ1) is 17.3. The maximum atomic E-state index is 13.3. The lowest BCUT2D eigenvalue weighted by Gasteiger charge is -2.29. The average molecular weight is 358 g/mol. The highest BCUT2D eigenvalue weighted by Crippen LogP contribution is 2.36. The quantitative estimate of drug-likeness (QED) is 0.687. The Labute approximate surface area is 158 Å². The molecule has 1 aliphatic heterocycles. The molecule has 4 nitrogen and oxygen atoms in total. The van der Waals surface area contributed by atoms with Crippen LogP contribution in [0.5, 0.6) is 0 Å². The molecular weight excluding hydrogens is 336 g/mol. The molecule has 0 fully saturated rings. The molecular formula is C23H22N2O2. The summed E-state index contributed by atoms with van der Waals surface area (Å²) >= 11 is 0. The lowest BCUT2D eigenvalue weighted by atomic mass is 9.89. The van der Waals surface area contributed by atoms with Gasteiger partial charge in [-0.25, -0.2) is 0 Å². The second-order valence-electron chi connectivity index (χ2n) is 6.79. The Balaban J connectivity index is 2.05. The molecule has 27 heavy (non-hydrogen) atoms. The van der Waals surface area contributed by atoms with Crippen LogP contribution in [0.3, 0.4) is 0 Å². The van der Waals surface area contributed by atoms with E-state index in [9.17, 15) is 9.59 Å². The minimum atomic E-state index is -0.0154. The summed E-state index contributed by atoms with van der Waals surface area (Å²) in [6.07, 6.45) is 0.634. The van der Waals surface area contributed by atoms with Crippen LogP contribution < -0.4 is 10.5 Å². The zero-order valence-corrected chi connectivity index (χ0v) is 15.7. The van der Waals surface area contributed by atoms with Gasteiger partial charge in [0.05, 0.1) is 5.52 Å². The first-order valence-electron chi connectivity index (χ1n) is 9.31. The van der Waals surface area contributed by atoms with E-state index in [1.165, 1.54) is 0 Å². The number of fused-ring (bicyclic) bond motifs is 4. The zero-order chi connectivity index (χ0) is 19.1. The normalized spacial score (nSPS) is 13.9. The molecule has 4 rings (SSSR count). The number of rotatable bonds is 2. The first-order valence-corrected chi connectivity index (χ1v) is 9.31. The number of anilines is 1. The van der Waals surface area contributed by atoms with Crippen molar-refractivity contribution in [2.75, 3.05) is 11.4 Å². The van der Waals surface area contributed by atoms with Gasteiger partial charge in [-0.2, -0.15) is 0 Å². The van der Waals surface area contributed by atoms with Crippen LogP contribution >= 0.6 is 0 Å². The van der Waals surface area contributed by atoms with E-state index in [2.05, 4.69) is 6.58 Å². The third-order valence-corrected chi connectivity index (χ3v) is 5.36. The van der Waals surface area contributed by atoms with Crippen molar-refractivity contribution in [3.63, 3.8) is 0 Å². The van der Waals surface area contributed by atoms with Crippen LogP contribution in [0.15, 0.2) is 59.9 Å². The largest absolute Gasteiger partial charge is 0.309 e. The number of carbonyl (C=O) groups excluding carboxylic acids is 1. The van der Waals surface area contributed by atoms with Crippen molar-refractivity contribution in [1.82, 2.24) is 4.57 Å². The third kappa shape index (κ3) is 2.60. The first-order chi connectivity index (χ1) is 13.1. The Kier molecular flexibility index (Phi) is 4.19. The molecule has 1 aromatic heterocycles. The summed E-state index contributed by atoms with van der Waals surface area (Å²) in [4.78, 5) is 27.3. The van der Waals surface area contributed by atoms with Crippen molar-refractivity contribution >= 4 is 28.1 Å². The molecule has 0 bridgehead atoms. The summed E-state index contributed by atoms with van der Waals surface area (Å²) in [6, 6.07) is 15.1. The predicted molar refractivity (Wildman–Crippen MR) is 110 cm³/mol. The molecule has 0 atom stereocenters. The molecule has 0 radical (unpaired) electrons. The number of benzene rings is 2. The van der Waals surface area contributed by atoms with E-state index in [1.807, 2.05) is 61.2 Å². The second kappa shape index (κ2) is 6.54. The van der Waals surface area contributed by atoms with Crippen LogP contribution in [0.2, 0.25) is 0 Å². The highest BCUT2D eigenvalue weighted by atomic mass is 16.2. The molecule has 3 aromatic rings. The minimum Gasteiger partial charge on any atom is -0.309 e. The lowest BCUT2D eigenvalue weighted by Crippen LogP contribution is -2.33. The minimum absolute atomic E-state index is 0.0107. The Morgan fingerprint density at radius 3 is 2.37 bits per heavy atom. The number of hydrogen-bond donors (Lipinski definition) is 0. The summed E-state index contributed by atoms with van der Waals surface area (Å²) in [7, 11) is 0. The molecule has 0 N–H and O–H groups in total. The highest BCUT2D eigenvalue weighted by molar-refractivity contribution is 6.11. The fourth-order valence-corrected chi connectivity index (χ4v) is 4.05. The number of amides is 1. The molecule has 2 heterocycles. The Bertz CT molecular complexity index is 1140. The molecule has 2 aromatic carbocycles. The smallest absolute Gasteiger partial charge is 0.258 e. The van der Waals surface area contributed by atoms with Crippen LogP contribution in [0.4, 0.5) is 5.69 Å².